The Bertz CT molecular complexity index is 263. The first kappa shape index (κ1) is 12.1. The monoisotopic (exact) mass is 237 g/mol. The summed E-state index contributed by atoms with van der Waals surface area (Å²) in [5, 5.41) is -0.0514. The van der Waals surface area contributed by atoms with Gasteiger partial charge in [-0.1, -0.05) is 0 Å². The van der Waals surface area contributed by atoms with E-state index in [1.807, 2.05) is 0 Å². The zero-order valence-corrected chi connectivity index (χ0v) is 8.87. The average molecular weight is 237 g/mol. The van der Waals surface area contributed by atoms with E-state index in [9.17, 15) is 13.6 Å². The first-order valence-corrected chi connectivity index (χ1v) is 5.05. The Hall–Kier alpha value is -0.980. The van der Waals surface area contributed by atoms with Crippen molar-refractivity contribution in [3.8, 4) is 0 Å². The fourth-order valence-electron chi connectivity index (χ4n) is 1.53. The van der Waals surface area contributed by atoms with Crippen LogP contribution in [0.15, 0.2) is 0 Å². The van der Waals surface area contributed by atoms with Crippen molar-refractivity contribution in [2.24, 2.45) is 11.7 Å². The number of amides is 1. The van der Waals surface area contributed by atoms with Gasteiger partial charge in [0.05, 0.1) is 0 Å². The Morgan fingerprint density at radius 2 is 1.87 bits per heavy atom. The smallest absolute Gasteiger partial charge is 0.248 e. The molecule has 15 heavy (non-hydrogen) atoms. The van der Waals surface area contributed by atoms with Crippen LogP contribution in [0.3, 0.4) is 0 Å². The van der Waals surface area contributed by atoms with Gasteiger partial charge in [-0.25, -0.2) is 8.78 Å². The Labute approximate surface area is 91.5 Å². The van der Waals surface area contributed by atoms with Crippen LogP contribution in [0.4, 0.5) is 8.78 Å². The number of thiocarbonyl (C=S) groups is 1. The number of nitrogens with two attached hydrogens (primary N) is 1. The minimum absolute atomic E-state index is 0.0514. The van der Waals surface area contributed by atoms with Gasteiger partial charge >= 0.3 is 0 Å². The first-order valence-electron chi connectivity index (χ1n) is 4.64. The Morgan fingerprint density at radius 1 is 1.33 bits per heavy atom. The summed E-state index contributed by atoms with van der Waals surface area (Å²) in [6.07, 6.45) is -0.0913. The molecule has 0 aliphatic heterocycles. The van der Waals surface area contributed by atoms with Crippen LogP contribution in [0.25, 0.3) is 0 Å². The molecular formula is C8H13F2N3OS. The molecule has 1 fully saturated rings. The van der Waals surface area contributed by atoms with Crippen LogP contribution in [0.1, 0.15) is 25.7 Å². The normalized spacial score (nSPS) is 20.7. The van der Waals surface area contributed by atoms with Crippen LogP contribution in [0, 0.1) is 5.92 Å². The second kappa shape index (κ2) is 4.69. The van der Waals surface area contributed by atoms with Gasteiger partial charge in [0.25, 0.3) is 0 Å². The molecule has 0 radical (unpaired) electrons. The summed E-state index contributed by atoms with van der Waals surface area (Å²) in [4.78, 5) is 11.4. The predicted molar refractivity (Wildman–Crippen MR) is 55.0 cm³/mol. The minimum Gasteiger partial charge on any atom is -0.375 e. The lowest BCUT2D eigenvalue weighted by atomic mass is 9.86. The van der Waals surface area contributed by atoms with Crippen LogP contribution in [-0.2, 0) is 4.79 Å². The fourth-order valence-corrected chi connectivity index (χ4v) is 1.58. The van der Waals surface area contributed by atoms with Gasteiger partial charge in [0.15, 0.2) is 5.11 Å². The van der Waals surface area contributed by atoms with Gasteiger partial charge in [0.2, 0.25) is 11.8 Å². The van der Waals surface area contributed by atoms with Crippen LogP contribution in [0.5, 0.6) is 0 Å². The predicted octanol–water partition coefficient (Wildman–Crippen LogP) is 0.676. The summed E-state index contributed by atoms with van der Waals surface area (Å²) in [6.45, 7) is 0. The van der Waals surface area contributed by atoms with Crippen molar-refractivity contribution in [3.05, 3.63) is 0 Å². The van der Waals surface area contributed by atoms with Crippen LogP contribution in [-0.4, -0.2) is 16.9 Å². The summed E-state index contributed by atoms with van der Waals surface area (Å²) >= 11 is 4.48. The van der Waals surface area contributed by atoms with Crippen molar-refractivity contribution in [3.63, 3.8) is 0 Å². The molecule has 0 spiro atoms. The van der Waals surface area contributed by atoms with Gasteiger partial charge in [0, 0.05) is 18.8 Å². The number of halogens is 2. The molecule has 0 heterocycles. The summed E-state index contributed by atoms with van der Waals surface area (Å²) in [5.74, 6) is -3.34. The molecule has 1 aliphatic carbocycles. The van der Waals surface area contributed by atoms with Crippen molar-refractivity contribution in [2.75, 3.05) is 0 Å². The molecule has 0 saturated heterocycles. The Kier molecular flexibility index (Phi) is 3.78. The molecule has 86 valence electrons. The number of carbonyl (C=O) groups excluding carboxylic acids is 1. The third kappa shape index (κ3) is 3.94. The van der Waals surface area contributed by atoms with Crippen LogP contribution < -0.4 is 16.6 Å². The SMILES string of the molecule is NC(=S)NNC(=O)C1CCC(F)(F)CC1. The second-order valence-electron chi connectivity index (χ2n) is 3.61. The quantitative estimate of drug-likeness (QED) is 0.463. The lowest BCUT2D eigenvalue weighted by Gasteiger charge is -2.27. The highest BCUT2D eigenvalue weighted by Crippen LogP contribution is 2.35. The Balaban J connectivity index is 2.33. The van der Waals surface area contributed by atoms with Crippen LogP contribution >= 0.6 is 12.2 Å². The molecule has 1 amide bonds. The molecule has 1 aliphatic rings. The number of hydrogen-bond acceptors (Lipinski definition) is 2. The van der Waals surface area contributed by atoms with Gasteiger partial charge in [-0.3, -0.25) is 15.6 Å². The zero-order chi connectivity index (χ0) is 11.5. The number of carbonyl (C=O) groups is 1. The molecule has 4 nitrogen and oxygen atoms in total. The maximum Gasteiger partial charge on any atom is 0.248 e. The van der Waals surface area contributed by atoms with Crippen molar-refractivity contribution >= 4 is 23.2 Å². The third-order valence-electron chi connectivity index (χ3n) is 2.40. The highest BCUT2D eigenvalue weighted by molar-refractivity contribution is 7.80. The molecule has 0 aromatic rings. The van der Waals surface area contributed by atoms with E-state index < -0.39 is 5.92 Å². The summed E-state index contributed by atoms with van der Waals surface area (Å²) in [6, 6.07) is 0. The van der Waals surface area contributed by atoms with E-state index in [0.717, 1.165) is 0 Å². The highest BCUT2D eigenvalue weighted by Gasteiger charge is 2.37. The van der Waals surface area contributed by atoms with Crippen molar-refractivity contribution < 1.29 is 13.6 Å². The number of rotatable bonds is 1. The molecule has 1 rings (SSSR count). The highest BCUT2D eigenvalue weighted by atomic mass is 32.1. The minimum atomic E-state index is -2.62. The van der Waals surface area contributed by atoms with Gasteiger partial charge < -0.3 is 5.73 Å². The topological polar surface area (TPSA) is 67.2 Å². The van der Waals surface area contributed by atoms with E-state index >= 15 is 0 Å². The molecule has 0 bridgehead atoms. The van der Waals surface area contributed by atoms with E-state index in [1.54, 1.807) is 0 Å². The van der Waals surface area contributed by atoms with Crippen molar-refractivity contribution in [1.29, 1.82) is 0 Å². The zero-order valence-electron chi connectivity index (χ0n) is 8.06. The summed E-state index contributed by atoms with van der Waals surface area (Å²) < 4.78 is 25.5. The van der Waals surface area contributed by atoms with Gasteiger partial charge in [-0.2, -0.15) is 0 Å². The molecule has 4 N–H and O–H groups in total. The van der Waals surface area contributed by atoms with E-state index in [2.05, 4.69) is 23.1 Å². The van der Waals surface area contributed by atoms with Crippen molar-refractivity contribution in [1.82, 2.24) is 10.9 Å². The molecular weight excluding hydrogens is 224 g/mol. The number of nitrogens with one attached hydrogen (secondary N) is 2. The van der Waals surface area contributed by atoms with Crippen LogP contribution in [0.2, 0.25) is 0 Å². The Morgan fingerprint density at radius 3 is 2.33 bits per heavy atom. The lowest BCUT2D eigenvalue weighted by Crippen LogP contribution is -2.47. The maximum atomic E-state index is 12.8. The maximum absolute atomic E-state index is 12.8. The van der Waals surface area contributed by atoms with Gasteiger partial charge in [-0.15, -0.1) is 0 Å². The molecule has 0 atom stereocenters. The lowest BCUT2D eigenvalue weighted by molar-refractivity contribution is -0.129. The van der Waals surface area contributed by atoms with E-state index in [0.29, 0.717) is 0 Å². The third-order valence-corrected chi connectivity index (χ3v) is 2.50. The number of alkyl halides is 2. The number of hydrazine groups is 1. The molecule has 0 aromatic carbocycles. The fraction of sp³-hybridized carbons (Fsp3) is 0.750. The molecule has 1 saturated carbocycles. The van der Waals surface area contributed by atoms with Gasteiger partial charge in [0.1, 0.15) is 0 Å². The largest absolute Gasteiger partial charge is 0.375 e. The second-order valence-corrected chi connectivity index (χ2v) is 4.05. The van der Waals surface area contributed by atoms with Gasteiger partial charge in [-0.05, 0) is 25.1 Å². The standard InChI is InChI=1S/C8H13F2N3OS/c9-8(10)3-1-5(2-4-8)6(14)12-13-7(11)15/h5H,1-4H2,(H,12,14)(H3,11,13,15). The molecule has 0 unspecified atom stereocenters. The average Bonchev–Trinajstić information content (AvgIpc) is 2.14. The van der Waals surface area contributed by atoms with E-state index in [-0.39, 0.29) is 42.6 Å². The summed E-state index contributed by atoms with van der Waals surface area (Å²) in [5.41, 5.74) is 9.66. The van der Waals surface area contributed by atoms with E-state index in [4.69, 9.17) is 5.73 Å². The molecule has 7 heteroatoms. The molecule has 0 aromatic heterocycles. The number of hydrogen-bond donors (Lipinski definition) is 3. The summed E-state index contributed by atoms with van der Waals surface area (Å²) in [7, 11) is 0. The first-order chi connectivity index (χ1) is 6.91. The van der Waals surface area contributed by atoms with E-state index in [1.165, 1.54) is 0 Å². The van der Waals surface area contributed by atoms with Crippen molar-refractivity contribution in [2.45, 2.75) is 31.6 Å².